The van der Waals surface area contributed by atoms with E-state index in [0.717, 1.165) is 0 Å². The van der Waals surface area contributed by atoms with Gasteiger partial charge in [0.25, 0.3) is 0 Å². The zero-order chi connectivity index (χ0) is 12.3. The minimum atomic E-state index is -0.886. The topological polar surface area (TPSA) is 66.8 Å². The van der Waals surface area contributed by atoms with Crippen molar-refractivity contribution in [3.8, 4) is 11.5 Å². The summed E-state index contributed by atoms with van der Waals surface area (Å²) in [6, 6.07) is 3.47. The van der Waals surface area contributed by atoms with Crippen LogP contribution in [-0.4, -0.2) is 23.3 Å². The summed E-state index contributed by atoms with van der Waals surface area (Å²) < 4.78 is 5.11. The summed E-state index contributed by atoms with van der Waals surface area (Å²) in [6.45, 7) is 3.37. The SMILES string of the molecule is COc1ccc(C)c(O)c1CC(C)C(=O)O. The largest absolute Gasteiger partial charge is 0.507 e. The van der Waals surface area contributed by atoms with Crippen LogP contribution >= 0.6 is 0 Å². The number of methoxy groups -OCH3 is 1. The van der Waals surface area contributed by atoms with Crippen LogP contribution in [0.3, 0.4) is 0 Å². The van der Waals surface area contributed by atoms with E-state index in [1.807, 2.05) is 0 Å². The molecule has 0 saturated heterocycles. The summed E-state index contributed by atoms with van der Waals surface area (Å²) in [6.07, 6.45) is 0.256. The molecule has 0 aliphatic carbocycles. The first-order valence-electron chi connectivity index (χ1n) is 5.05. The van der Waals surface area contributed by atoms with Crippen LogP contribution in [0.5, 0.6) is 11.5 Å². The van der Waals surface area contributed by atoms with Gasteiger partial charge in [-0.15, -0.1) is 0 Å². The highest BCUT2D eigenvalue weighted by Crippen LogP contribution is 2.32. The zero-order valence-electron chi connectivity index (χ0n) is 9.65. The van der Waals surface area contributed by atoms with E-state index in [2.05, 4.69) is 0 Å². The van der Waals surface area contributed by atoms with Crippen LogP contribution in [0.4, 0.5) is 0 Å². The minimum Gasteiger partial charge on any atom is -0.507 e. The summed E-state index contributed by atoms with van der Waals surface area (Å²) in [5, 5.41) is 18.7. The van der Waals surface area contributed by atoms with Gasteiger partial charge in [0.05, 0.1) is 13.0 Å². The maximum Gasteiger partial charge on any atom is 0.306 e. The van der Waals surface area contributed by atoms with E-state index in [0.29, 0.717) is 16.9 Å². The third-order valence-corrected chi connectivity index (χ3v) is 2.59. The fraction of sp³-hybridized carbons (Fsp3) is 0.417. The van der Waals surface area contributed by atoms with E-state index in [-0.39, 0.29) is 12.2 Å². The highest BCUT2D eigenvalue weighted by molar-refractivity contribution is 5.70. The van der Waals surface area contributed by atoms with Crippen molar-refractivity contribution in [3.63, 3.8) is 0 Å². The van der Waals surface area contributed by atoms with E-state index in [1.54, 1.807) is 26.0 Å². The van der Waals surface area contributed by atoms with Gasteiger partial charge in [0.1, 0.15) is 11.5 Å². The number of phenols is 1. The molecule has 0 radical (unpaired) electrons. The van der Waals surface area contributed by atoms with Crippen LogP contribution in [0.2, 0.25) is 0 Å². The average Bonchev–Trinajstić information content (AvgIpc) is 2.25. The van der Waals surface area contributed by atoms with Crippen molar-refractivity contribution < 1.29 is 19.7 Å². The van der Waals surface area contributed by atoms with E-state index in [4.69, 9.17) is 9.84 Å². The Morgan fingerprint density at radius 3 is 2.62 bits per heavy atom. The lowest BCUT2D eigenvalue weighted by Gasteiger charge is -2.14. The Balaban J connectivity index is 3.10. The van der Waals surface area contributed by atoms with Gasteiger partial charge >= 0.3 is 5.97 Å². The molecular weight excluding hydrogens is 208 g/mol. The summed E-state index contributed by atoms with van der Waals surface area (Å²) in [7, 11) is 1.50. The first kappa shape index (κ1) is 12.4. The molecule has 0 aromatic heterocycles. The van der Waals surface area contributed by atoms with Crippen LogP contribution in [0, 0.1) is 12.8 Å². The van der Waals surface area contributed by atoms with Crippen molar-refractivity contribution in [2.45, 2.75) is 20.3 Å². The number of hydrogen-bond acceptors (Lipinski definition) is 3. The number of carbonyl (C=O) groups is 1. The molecule has 0 spiro atoms. The third kappa shape index (κ3) is 2.45. The quantitative estimate of drug-likeness (QED) is 0.820. The molecule has 0 heterocycles. The molecule has 0 amide bonds. The Kier molecular flexibility index (Phi) is 3.77. The van der Waals surface area contributed by atoms with Crippen LogP contribution in [0.15, 0.2) is 12.1 Å². The van der Waals surface area contributed by atoms with Gasteiger partial charge in [0, 0.05) is 5.56 Å². The van der Waals surface area contributed by atoms with Gasteiger partial charge in [0.15, 0.2) is 0 Å². The lowest BCUT2D eigenvalue weighted by Crippen LogP contribution is -2.13. The van der Waals surface area contributed by atoms with E-state index in [9.17, 15) is 9.90 Å². The first-order valence-corrected chi connectivity index (χ1v) is 5.05. The van der Waals surface area contributed by atoms with Crippen molar-refractivity contribution in [1.82, 2.24) is 0 Å². The van der Waals surface area contributed by atoms with Gasteiger partial charge in [0.2, 0.25) is 0 Å². The van der Waals surface area contributed by atoms with Gasteiger partial charge in [-0.3, -0.25) is 4.79 Å². The highest BCUT2D eigenvalue weighted by atomic mass is 16.5. The van der Waals surface area contributed by atoms with Crippen LogP contribution in [0.1, 0.15) is 18.1 Å². The van der Waals surface area contributed by atoms with Gasteiger partial charge in [-0.25, -0.2) is 0 Å². The predicted octanol–water partition coefficient (Wildman–Crippen LogP) is 1.97. The standard InChI is InChI=1S/C12H16O4/c1-7-4-5-10(16-3)9(11(7)13)6-8(2)12(14)15/h4-5,8,13H,6H2,1-3H3,(H,14,15). The number of phenolic OH excluding ortho intramolecular Hbond substituents is 1. The molecule has 1 rings (SSSR count). The maximum atomic E-state index is 10.8. The highest BCUT2D eigenvalue weighted by Gasteiger charge is 2.18. The smallest absolute Gasteiger partial charge is 0.306 e. The van der Waals surface area contributed by atoms with Crippen molar-refractivity contribution in [1.29, 1.82) is 0 Å². The lowest BCUT2D eigenvalue weighted by molar-refractivity contribution is -0.141. The summed E-state index contributed by atoms with van der Waals surface area (Å²) in [5.74, 6) is -0.798. The minimum absolute atomic E-state index is 0.118. The summed E-state index contributed by atoms with van der Waals surface area (Å²) in [4.78, 5) is 10.8. The van der Waals surface area contributed by atoms with Crippen LogP contribution in [0.25, 0.3) is 0 Å². The number of ether oxygens (including phenoxy) is 1. The van der Waals surface area contributed by atoms with Crippen molar-refractivity contribution >= 4 is 5.97 Å². The number of aryl methyl sites for hydroxylation is 1. The fourth-order valence-corrected chi connectivity index (χ4v) is 1.52. The maximum absolute atomic E-state index is 10.8. The van der Waals surface area contributed by atoms with E-state index < -0.39 is 11.9 Å². The van der Waals surface area contributed by atoms with Crippen LogP contribution < -0.4 is 4.74 Å². The molecular formula is C12H16O4. The van der Waals surface area contributed by atoms with Crippen molar-refractivity contribution in [2.75, 3.05) is 7.11 Å². The molecule has 0 bridgehead atoms. The number of rotatable bonds is 4. The molecule has 1 unspecified atom stereocenters. The van der Waals surface area contributed by atoms with Crippen molar-refractivity contribution in [2.24, 2.45) is 5.92 Å². The summed E-state index contributed by atoms with van der Waals surface area (Å²) >= 11 is 0. The number of benzene rings is 1. The first-order chi connectivity index (χ1) is 7.47. The molecule has 1 aromatic rings. The molecule has 1 atom stereocenters. The number of hydrogen-bond donors (Lipinski definition) is 2. The van der Waals surface area contributed by atoms with Gasteiger partial charge in [-0.1, -0.05) is 13.0 Å². The van der Waals surface area contributed by atoms with Crippen LogP contribution in [-0.2, 0) is 11.2 Å². The Morgan fingerprint density at radius 2 is 2.12 bits per heavy atom. The molecule has 88 valence electrons. The van der Waals surface area contributed by atoms with Crippen molar-refractivity contribution in [3.05, 3.63) is 23.3 Å². The number of carboxylic acids is 1. The van der Waals surface area contributed by atoms with Gasteiger partial charge < -0.3 is 14.9 Å². The Morgan fingerprint density at radius 1 is 1.50 bits per heavy atom. The monoisotopic (exact) mass is 224 g/mol. The van der Waals surface area contributed by atoms with E-state index in [1.165, 1.54) is 7.11 Å². The number of aromatic hydroxyl groups is 1. The summed E-state index contributed by atoms with van der Waals surface area (Å²) in [5.41, 5.74) is 1.27. The Labute approximate surface area is 94.5 Å². The molecule has 4 heteroatoms. The molecule has 0 aliphatic heterocycles. The predicted molar refractivity (Wildman–Crippen MR) is 59.9 cm³/mol. The molecule has 4 nitrogen and oxygen atoms in total. The zero-order valence-corrected chi connectivity index (χ0v) is 9.65. The lowest BCUT2D eigenvalue weighted by atomic mass is 9.97. The second kappa shape index (κ2) is 4.88. The number of carboxylic acid groups (broad SMARTS) is 1. The molecule has 16 heavy (non-hydrogen) atoms. The second-order valence-corrected chi connectivity index (χ2v) is 3.86. The van der Waals surface area contributed by atoms with Gasteiger partial charge in [-0.05, 0) is 25.0 Å². The fourth-order valence-electron chi connectivity index (χ4n) is 1.52. The number of aliphatic carboxylic acids is 1. The van der Waals surface area contributed by atoms with Gasteiger partial charge in [-0.2, -0.15) is 0 Å². The molecule has 0 saturated carbocycles. The Hall–Kier alpha value is -1.71. The average molecular weight is 224 g/mol. The molecule has 0 aliphatic rings. The molecule has 2 N–H and O–H groups in total. The molecule has 1 aromatic carbocycles. The molecule has 0 fully saturated rings. The second-order valence-electron chi connectivity index (χ2n) is 3.86. The third-order valence-electron chi connectivity index (χ3n) is 2.59. The Bertz CT molecular complexity index is 398. The van der Waals surface area contributed by atoms with E-state index >= 15 is 0 Å². The normalized spacial score (nSPS) is 12.2.